The van der Waals surface area contributed by atoms with E-state index in [-0.39, 0.29) is 23.4 Å². The number of nitrogens with zero attached hydrogens (tertiary/aromatic N) is 1. The lowest BCUT2D eigenvalue weighted by molar-refractivity contribution is -0.117. The quantitative estimate of drug-likeness (QED) is 0.501. The molecule has 1 N–H and O–H groups in total. The van der Waals surface area contributed by atoms with Gasteiger partial charge in [0.05, 0.1) is 0 Å². The topological polar surface area (TPSA) is 62.1 Å². The number of carbonyl (C=O) groups excluding carboxylic acids is 1. The highest BCUT2D eigenvalue weighted by molar-refractivity contribution is 6.04. The summed E-state index contributed by atoms with van der Waals surface area (Å²) in [5.41, 5.74) is 0.927. The van der Waals surface area contributed by atoms with E-state index in [1.54, 1.807) is 30.3 Å². The molecule has 0 bridgehead atoms. The SMILES string of the molecule is N#C/C(=C\c1c(OC(F)F)ccc2ccccc12)C(=O)NCc1ccccc1. The molecule has 0 aliphatic rings. The van der Waals surface area contributed by atoms with Gasteiger partial charge in [-0.1, -0.05) is 60.7 Å². The standard InChI is InChI=1S/C22H16F2N2O2/c23-22(24)28-20-11-10-16-8-4-5-9-18(16)19(20)12-17(13-25)21(27)26-14-15-6-2-1-3-7-15/h1-12,22H,14H2,(H,26,27)/b17-12+. The second kappa shape index (κ2) is 8.78. The molecule has 0 spiro atoms. The van der Waals surface area contributed by atoms with Crippen molar-refractivity contribution in [2.45, 2.75) is 13.2 Å². The second-order valence-electron chi connectivity index (χ2n) is 5.92. The highest BCUT2D eigenvalue weighted by Gasteiger charge is 2.15. The van der Waals surface area contributed by atoms with Crippen molar-refractivity contribution in [2.75, 3.05) is 0 Å². The summed E-state index contributed by atoms with van der Waals surface area (Å²) in [7, 11) is 0. The van der Waals surface area contributed by atoms with Crippen molar-refractivity contribution in [3.63, 3.8) is 0 Å². The monoisotopic (exact) mass is 378 g/mol. The largest absolute Gasteiger partial charge is 0.434 e. The lowest BCUT2D eigenvalue weighted by atomic mass is 10.0. The Morgan fingerprint density at radius 3 is 2.50 bits per heavy atom. The minimum atomic E-state index is -3.02. The number of carbonyl (C=O) groups is 1. The Labute approximate surface area is 160 Å². The summed E-state index contributed by atoms with van der Waals surface area (Å²) in [6.07, 6.45) is 1.28. The summed E-state index contributed by atoms with van der Waals surface area (Å²) in [6, 6.07) is 21.2. The molecule has 140 valence electrons. The first-order valence-electron chi connectivity index (χ1n) is 8.49. The summed E-state index contributed by atoms with van der Waals surface area (Å²) in [4.78, 5) is 12.4. The fraction of sp³-hybridized carbons (Fsp3) is 0.0909. The van der Waals surface area contributed by atoms with E-state index in [4.69, 9.17) is 0 Å². The molecular formula is C22H16F2N2O2. The van der Waals surface area contributed by atoms with Gasteiger partial charge in [-0.25, -0.2) is 0 Å². The van der Waals surface area contributed by atoms with E-state index in [0.717, 1.165) is 10.9 Å². The van der Waals surface area contributed by atoms with E-state index >= 15 is 0 Å². The Balaban J connectivity index is 1.95. The van der Waals surface area contributed by atoms with Crippen LogP contribution in [0.2, 0.25) is 0 Å². The van der Waals surface area contributed by atoms with Crippen LogP contribution >= 0.6 is 0 Å². The van der Waals surface area contributed by atoms with Gasteiger partial charge >= 0.3 is 6.61 Å². The van der Waals surface area contributed by atoms with E-state index in [2.05, 4.69) is 10.1 Å². The number of nitriles is 1. The first-order chi connectivity index (χ1) is 13.6. The molecule has 0 unspecified atom stereocenters. The Bertz CT molecular complexity index is 1060. The Hall–Kier alpha value is -3.72. The summed E-state index contributed by atoms with van der Waals surface area (Å²) < 4.78 is 30.2. The first kappa shape index (κ1) is 19.1. The van der Waals surface area contributed by atoms with Gasteiger partial charge in [-0.05, 0) is 28.5 Å². The van der Waals surface area contributed by atoms with E-state index in [1.165, 1.54) is 12.1 Å². The Morgan fingerprint density at radius 1 is 1.07 bits per heavy atom. The van der Waals surface area contributed by atoms with Crippen molar-refractivity contribution in [3.05, 3.63) is 83.4 Å². The van der Waals surface area contributed by atoms with Crippen molar-refractivity contribution in [1.82, 2.24) is 5.32 Å². The van der Waals surface area contributed by atoms with Crippen LogP contribution in [-0.2, 0) is 11.3 Å². The van der Waals surface area contributed by atoms with Crippen LogP contribution in [0.3, 0.4) is 0 Å². The Kier molecular flexibility index (Phi) is 5.97. The first-order valence-corrected chi connectivity index (χ1v) is 8.49. The summed E-state index contributed by atoms with van der Waals surface area (Å²) in [5.74, 6) is -0.695. The third-order valence-corrected chi connectivity index (χ3v) is 4.10. The number of rotatable bonds is 6. The normalized spacial score (nSPS) is 11.3. The average Bonchev–Trinajstić information content (AvgIpc) is 2.71. The number of benzene rings is 3. The van der Waals surface area contributed by atoms with Crippen molar-refractivity contribution in [1.29, 1.82) is 5.26 Å². The van der Waals surface area contributed by atoms with Gasteiger partial charge in [0, 0.05) is 12.1 Å². The number of alkyl halides is 2. The van der Waals surface area contributed by atoms with Crippen LogP contribution in [0.5, 0.6) is 5.75 Å². The third kappa shape index (κ3) is 4.51. The predicted octanol–water partition coefficient (Wildman–Crippen LogP) is 4.66. The zero-order valence-corrected chi connectivity index (χ0v) is 14.7. The average molecular weight is 378 g/mol. The maximum atomic E-state index is 12.8. The fourth-order valence-corrected chi connectivity index (χ4v) is 2.79. The maximum Gasteiger partial charge on any atom is 0.387 e. The predicted molar refractivity (Wildman–Crippen MR) is 102 cm³/mol. The van der Waals surface area contributed by atoms with Gasteiger partial charge in [0.2, 0.25) is 0 Å². The Morgan fingerprint density at radius 2 is 1.79 bits per heavy atom. The molecule has 3 rings (SSSR count). The number of ether oxygens (including phenoxy) is 1. The number of halogens is 2. The molecule has 0 aliphatic carbocycles. The van der Waals surface area contributed by atoms with E-state index < -0.39 is 12.5 Å². The number of nitrogens with one attached hydrogen (secondary N) is 1. The van der Waals surface area contributed by atoms with Crippen LogP contribution in [0.4, 0.5) is 8.78 Å². The highest BCUT2D eigenvalue weighted by Crippen LogP contribution is 2.31. The molecule has 6 heteroatoms. The lowest BCUT2D eigenvalue weighted by Gasteiger charge is -2.12. The highest BCUT2D eigenvalue weighted by atomic mass is 19.3. The summed E-state index contributed by atoms with van der Waals surface area (Å²) in [6.45, 7) is -2.78. The van der Waals surface area contributed by atoms with Gasteiger partial charge < -0.3 is 10.1 Å². The zero-order valence-electron chi connectivity index (χ0n) is 14.7. The van der Waals surface area contributed by atoms with Crippen LogP contribution in [-0.4, -0.2) is 12.5 Å². The molecule has 0 atom stereocenters. The third-order valence-electron chi connectivity index (χ3n) is 4.10. The van der Waals surface area contributed by atoms with Crippen LogP contribution in [0, 0.1) is 11.3 Å². The van der Waals surface area contributed by atoms with Crippen molar-refractivity contribution < 1.29 is 18.3 Å². The van der Waals surface area contributed by atoms with Crippen molar-refractivity contribution >= 4 is 22.8 Å². The molecular weight excluding hydrogens is 362 g/mol. The lowest BCUT2D eigenvalue weighted by Crippen LogP contribution is -2.23. The smallest absolute Gasteiger partial charge is 0.387 e. The van der Waals surface area contributed by atoms with Crippen molar-refractivity contribution in [2.24, 2.45) is 0 Å². The van der Waals surface area contributed by atoms with Crippen LogP contribution < -0.4 is 10.1 Å². The van der Waals surface area contributed by atoms with Crippen LogP contribution in [0.1, 0.15) is 11.1 Å². The maximum absolute atomic E-state index is 12.8. The minimum Gasteiger partial charge on any atom is -0.434 e. The second-order valence-corrected chi connectivity index (χ2v) is 5.92. The van der Waals surface area contributed by atoms with Gasteiger partial charge in [-0.2, -0.15) is 14.0 Å². The van der Waals surface area contributed by atoms with Gasteiger partial charge in [0.25, 0.3) is 5.91 Å². The molecule has 3 aromatic rings. The van der Waals surface area contributed by atoms with E-state index in [1.807, 2.05) is 36.4 Å². The minimum absolute atomic E-state index is 0.0997. The van der Waals surface area contributed by atoms with Gasteiger partial charge in [0.1, 0.15) is 17.4 Å². The molecule has 0 radical (unpaired) electrons. The van der Waals surface area contributed by atoms with E-state index in [0.29, 0.717) is 5.39 Å². The molecule has 3 aromatic carbocycles. The molecule has 28 heavy (non-hydrogen) atoms. The molecule has 0 saturated carbocycles. The van der Waals surface area contributed by atoms with Gasteiger partial charge in [0.15, 0.2) is 0 Å². The molecule has 4 nitrogen and oxygen atoms in total. The fourth-order valence-electron chi connectivity index (χ4n) is 2.79. The molecule has 0 heterocycles. The zero-order chi connectivity index (χ0) is 19.9. The van der Waals surface area contributed by atoms with Gasteiger partial charge in [-0.15, -0.1) is 0 Å². The summed E-state index contributed by atoms with van der Waals surface area (Å²) >= 11 is 0. The molecule has 1 amide bonds. The molecule has 0 fully saturated rings. The van der Waals surface area contributed by atoms with E-state index in [9.17, 15) is 18.8 Å². The number of hydrogen-bond donors (Lipinski definition) is 1. The molecule has 0 saturated heterocycles. The van der Waals surface area contributed by atoms with Gasteiger partial charge in [-0.3, -0.25) is 4.79 Å². The van der Waals surface area contributed by atoms with Crippen LogP contribution in [0.25, 0.3) is 16.8 Å². The number of hydrogen-bond acceptors (Lipinski definition) is 3. The number of amides is 1. The summed E-state index contributed by atoms with van der Waals surface area (Å²) in [5, 5.41) is 13.5. The van der Waals surface area contributed by atoms with Crippen molar-refractivity contribution in [3.8, 4) is 11.8 Å². The number of fused-ring (bicyclic) bond motifs is 1. The van der Waals surface area contributed by atoms with Crippen LogP contribution in [0.15, 0.2) is 72.3 Å². The molecule has 0 aliphatic heterocycles. The molecule has 0 aromatic heterocycles.